The number of nitrogens with one attached hydrogen (secondary N) is 1. The lowest BCUT2D eigenvalue weighted by Crippen LogP contribution is -2.46. The van der Waals surface area contributed by atoms with E-state index in [2.05, 4.69) is 23.1 Å². The maximum absolute atomic E-state index is 5.91. The third-order valence-electron chi connectivity index (χ3n) is 3.87. The Hall–Kier alpha value is -0.870. The van der Waals surface area contributed by atoms with Crippen LogP contribution >= 0.6 is 11.8 Å². The van der Waals surface area contributed by atoms with E-state index in [1.54, 1.807) is 7.11 Å². The van der Waals surface area contributed by atoms with E-state index in [-0.39, 0.29) is 0 Å². The van der Waals surface area contributed by atoms with Gasteiger partial charge in [-0.2, -0.15) is 11.8 Å². The van der Waals surface area contributed by atoms with Gasteiger partial charge in [0.2, 0.25) is 0 Å². The molecule has 3 nitrogen and oxygen atoms in total. The number of thioether (sulfide) groups is 1. The summed E-state index contributed by atoms with van der Waals surface area (Å²) in [5, 5.41) is 3.76. The molecule has 2 heterocycles. The Morgan fingerprint density at radius 1 is 1.26 bits per heavy atom. The van der Waals surface area contributed by atoms with Crippen LogP contribution in [-0.2, 0) is 6.42 Å². The zero-order chi connectivity index (χ0) is 13.1. The minimum Gasteiger partial charge on any atom is -0.493 e. The molecule has 0 spiro atoms. The highest BCUT2D eigenvalue weighted by molar-refractivity contribution is 7.99. The molecule has 0 amide bonds. The maximum Gasteiger partial charge on any atom is 0.164 e. The fourth-order valence-corrected chi connectivity index (χ4v) is 3.97. The summed E-state index contributed by atoms with van der Waals surface area (Å²) in [6.07, 6.45) is 3.61. The molecule has 1 saturated heterocycles. The monoisotopic (exact) mass is 279 g/mol. The number of para-hydroxylation sites is 1. The summed E-state index contributed by atoms with van der Waals surface area (Å²) in [7, 11) is 1.70. The number of methoxy groups -OCH3 is 1. The Labute approximate surface area is 119 Å². The Morgan fingerprint density at radius 2 is 2.11 bits per heavy atom. The minimum atomic E-state index is 0.438. The smallest absolute Gasteiger partial charge is 0.164 e. The minimum absolute atomic E-state index is 0.438. The Kier molecular flexibility index (Phi) is 4.18. The van der Waals surface area contributed by atoms with Crippen LogP contribution in [0.2, 0.25) is 0 Å². The van der Waals surface area contributed by atoms with Crippen LogP contribution in [0, 0.1) is 0 Å². The maximum atomic E-state index is 5.91. The summed E-state index contributed by atoms with van der Waals surface area (Å²) in [6.45, 7) is 0.747. The average molecular weight is 279 g/mol. The molecule has 1 aromatic rings. The van der Waals surface area contributed by atoms with Crippen molar-refractivity contribution in [3.05, 3.63) is 23.8 Å². The van der Waals surface area contributed by atoms with Gasteiger partial charge in [-0.05, 0) is 42.4 Å². The second kappa shape index (κ2) is 6.06. The average Bonchev–Trinajstić information content (AvgIpc) is 2.47. The molecule has 1 atom stereocenters. The third kappa shape index (κ3) is 3.00. The molecule has 0 bridgehead atoms. The lowest BCUT2D eigenvalue weighted by atomic mass is 10.0. The lowest BCUT2D eigenvalue weighted by Gasteiger charge is -2.32. The molecule has 1 fully saturated rings. The van der Waals surface area contributed by atoms with Crippen molar-refractivity contribution in [2.45, 2.75) is 31.3 Å². The van der Waals surface area contributed by atoms with Crippen LogP contribution in [0.4, 0.5) is 0 Å². The summed E-state index contributed by atoms with van der Waals surface area (Å²) in [4.78, 5) is 0. The molecular formula is C15H21NO2S. The van der Waals surface area contributed by atoms with Gasteiger partial charge in [0.25, 0.3) is 0 Å². The number of rotatable bonds is 3. The van der Waals surface area contributed by atoms with Crippen LogP contribution in [0.5, 0.6) is 11.5 Å². The molecule has 3 rings (SSSR count). The number of benzene rings is 1. The highest BCUT2D eigenvalue weighted by Crippen LogP contribution is 2.34. The topological polar surface area (TPSA) is 30.5 Å². The molecule has 104 valence electrons. The van der Waals surface area contributed by atoms with E-state index in [1.165, 1.54) is 29.9 Å². The van der Waals surface area contributed by atoms with E-state index in [0.717, 1.165) is 24.5 Å². The van der Waals surface area contributed by atoms with Crippen LogP contribution in [0.15, 0.2) is 18.2 Å². The van der Waals surface area contributed by atoms with Crippen molar-refractivity contribution in [3.8, 4) is 11.5 Å². The summed E-state index contributed by atoms with van der Waals surface area (Å²) >= 11 is 2.07. The predicted octanol–water partition coefficient (Wildman–Crippen LogP) is 2.48. The molecule has 1 N–H and O–H groups in total. The van der Waals surface area contributed by atoms with Gasteiger partial charge < -0.3 is 14.8 Å². The van der Waals surface area contributed by atoms with Crippen LogP contribution in [-0.4, -0.2) is 37.3 Å². The van der Waals surface area contributed by atoms with Crippen molar-refractivity contribution in [3.63, 3.8) is 0 Å². The van der Waals surface area contributed by atoms with E-state index in [9.17, 15) is 0 Å². The van der Waals surface area contributed by atoms with Crippen molar-refractivity contribution in [2.75, 3.05) is 25.2 Å². The quantitative estimate of drug-likeness (QED) is 0.921. The normalized spacial score (nSPS) is 23.5. The SMILES string of the molecule is COc1cccc2c1OC[C@H](NC1CCSCC1)C2. The zero-order valence-corrected chi connectivity index (χ0v) is 12.2. The molecular weight excluding hydrogens is 258 g/mol. The van der Waals surface area contributed by atoms with E-state index < -0.39 is 0 Å². The Morgan fingerprint density at radius 3 is 2.89 bits per heavy atom. The van der Waals surface area contributed by atoms with Gasteiger partial charge in [-0.25, -0.2) is 0 Å². The van der Waals surface area contributed by atoms with Crippen molar-refractivity contribution in [1.82, 2.24) is 5.32 Å². The second-order valence-corrected chi connectivity index (χ2v) is 6.44. The number of fused-ring (bicyclic) bond motifs is 1. The molecule has 19 heavy (non-hydrogen) atoms. The first-order valence-electron chi connectivity index (χ1n) is 6.99. The number of hydrogen-bond donors (Lipinski definition) is 1. The fourth-order valence-electron chi connectivity index (χ4n) is 2.86. The summed E-state index contributed by atoms with van der Waals surface area (Å²) in [6, 6.07) is 7.25. The van der Waals surface area contributed by atoms with Crippen LogP contribution in [0.1, 0.15) is 18.4 Å². The number of hydrogen-bond acceptors (Lipinski definition) is 4. The van der Waals surface area contributed by atoms with Crippen LogP contribution in [0.3, 0.4) is 0 Å². The second-order valence-electron chi connectivity index (χ2n) is 5.21. The number of ether oxygens (including phenoxy) is 2. The van der Waals surface area contributed by atoms with Gasteiger partial charge in [0.15, 0.2) is 11.5 Å². The Bertz CT molecular complexity index is 432. The van der Waals surface area contributed by atoms with Gasteiger partial charge in [0.05, 0.1) is 7.11 Å². The van der Waals surface area contributed by atoms with Gasteiger partial charge >= 0.3 is 0 Å². The third-order valence-corrected chi connectivity index (χ3v) is 4.92. The standard InChI is InChI=1S/C15H21NO2S/c1-17-14-4-2-3-11-9-13(10-18-15(11)14)16-12-5-7-19-8-6-12/h2-4,12-13,16H,5-10H2,1H3/t13-/m1/s1. The summed E-state index contributed by atoms with van der Waals surface area (Å²) < 4.78 is 11.3. The molecule has 0 aromatic heterocycles. The first-order chi connectivity index (χ1) is 9.36. The summed E-state index contributed by atoms with van der Waals surface area (Å²) in [5.74, 6) is 4.36. The van der Waals surface area contributed by atoms with E-state index >= 15 is 0 Å². The molecule has 2 aliphatic heterocycles. The first kappa shape index (κ1) is 13.1. The van der Waals surface area contributed by atoms with Crippen LogP contribution in [0.25, 0.3) is 0 Å². The predicted molar refractivity (Wildman–Crippen MR) is 79.5 cm³/mol. The summed E-state index contributed by atoms with van der Waals surface area (Å²) in [5.41, 5.74) is 1.26. The highest BCUT2D eigenvalue weighted by Gasteiger charge is 2.25. The van der Waals surface area contributed by atoms with Crippen molar-refractivity contribution in [2.24, 2.45) is 0 Å². The van der Waals surface area contributed by atoms with Crippen molar-refractivity contribution >= 4 is 11.8 Å². The lowest BCUT2D eigenvalue weighted by molar-refractivity contribution is 0.215. The molecule has 0 aliphatic carbocycles. The van der Waals surface area contributed by atoms with Gasteiger partial charge in [-0.15, -0.1) is 0 Å². The first-order valence-corrected chi connectivity index (χ1v) is 8.15. The molecule has 0 saturated carbocycles. The van der Waals surface area contributed by atoms with E-state index in [4.69, 9.17) is 9.47 Å². The van der Waals surface area contributed by atoms with Crippen LogP contribution < -0.4 is 14.8 Å². The van der Waals surface area contributed by atoms with Gasteiger partial charge in [0.1, 0.15) is 6.61 Å². The van der Waals surface area contributed by atoms with E-state index in [1.807, 2.05) is 12.1 Å². The van der Waals surface area contributed by atoms with Crippen molar-refractivity contribution < 1.29 is 9.47 Å². The highest BCUT2D eigenvalue weighted by atomic mass is 32.2. The molecule has 0 unspecified atom stereocenters. The molecule has 1 aromatic carbocycles. The zero-order valence-electron chi connectivity index (χ0n) is 11.4. The molecule has 4 heteroatoms. The molecule has 0 radical (unpaired) electrons. The fraction of sp³-hybridized carbons (Fsp3) is 0.600. The van der Waals surface area contributed by atoms with Gasteiger partial charge in [0, 0.05) is 12.1 Å². The van der Waals surface area contributed by atoms with Gasteiger partial charge in [-0.3, -0.25) is 0 Å². The largest absolute Gasteiger partial charge is 0.493 e. The Balaban J connectivity index is 1.65. The van der Waals surface area contributed by atoms with Gasteiger partial charge in [-0.1, -0.05) is 12.1 Å². The van der Waals surface area contributed by atoms with Crippen molar-refractivity contribution in [1.29, 1.82) is 0 Å². The van der Waals surface area contributed by atoms with E-state index in [0.29, 0.717) is 12.1 Å². The molecule has 2 aliphatic rings.